The summed E-state index contributed by atoms with van der Waals surface area (Å²) < 4.78 is 11.1. The highest BCUT2D eigenvalue weighted by molar-refractivity contribution is 5.88. The van der Waals surface area contributed by atoms with Crippen LogP contribution in [0.2, 0.25) is 0 Å². The molecule has 1 aromatic carbocycles. The Labute approximate surface area is 184 Å². The van der Waals surface area contributed by atoms with Crippen LogP contribution in [0.15, 0.2) is 57.6 Å². The standard InChI is InChI=1S/C23H23N5O4/c24-14-18-23(32-22(27-18)19-7-4-12-31-19)28-10-8-16(9-11-28)21(30)26-17(20(25)29)13-15-5-2-1-3-6-15/h1-7,12,16-17H,8-11,13H2,(H2,25,29)(H,26,30). The molecule has 2 aromatic heterocycles. The molecule has 1 saturated heterocycles. The number of anilines is 1. The number of nitriles is 1. The number of rotatable bonds is 7. The van der Waals surface area contributed by atoms with E-state index < -0.39 is 11.9 Å². The number of hydrogen-bond acceptors (Lipinski definition) is 7. The summed E-state index contributed by atoms with van der Waals surface area (Å²) in [6, 6.07) is 14.1. The van der Waals surface area contributed by atoms with Crippen molar-refractivity contribution in [3.63, 3.8) is 0 Å². The van der Waals surface area contributed by atoms with E-state index in [1.807, 2.05) is 35.2 Å². The van der Waals surface area contributed by atoms with E-state index in [1.165, 1.54) is 6.26 Å². The molecule has 3 heterocycles. The molecule has 0 radical (unpaired) electrons. The Kier molecular flexibility index (Phi) is 6.22. The largest absolute Gasteiger partial charge is 0.459 e. The molecule has 0 saturated carbocycles. The first kappa shape index (κ1) is 21.2. The van der Waals surface area contributed by atoms with Gasteiger partial charge in [0.2, 0.25) is 23.4 Å². The molecule has 0 bridgehead atoms. The Balaban J connectivity index is 1.37. The van der Waals surface area contributed by atoms with Crippen LogP contribution in [-0.2, 0) is 16.0 Å². The molecular formula is C23H23N5O4. The van der Waals surface area contributed by atoms with Crippen LogP contribution < -0.4 is 16.0 Å². The van der Waals surface area contributed by atoms with Gasteiger partial charge in [0.15, 0.2) is 5.76 Å². The van der Waals surface area contributed by atoms with E-state index in [0.29, 0.717) is 44.0 Å². The molecule has 1 aliphatic rings. The lowest BCUT2D eigenvalue weighted by molar-refractivity contribution is -0.130. The third-order valence-electron chi connectivity index (χ3n) is 5.54. The Morgan fingerprint density at radius 3 is 2.59 bits per heavy atom. The predicted molar refractivity (Wildman–Crippen MR) is 115 cm³/mol. The number of piperidine rings is 1. The molecule has 3 aromatic rings. The lowest BCUT2D eigenvalue weighted by Gasteiger charge is -2.31. The monoisotopic (exact) mass is 433 g/mol. The minimum Gasteiger partial charge on any atom is -0.459 e. The predicted octanol–water partition coefficient (Wildman–Crippen LogP) is 2.24. The fourth-order valence-electron chi connectivity index (χ4n) is 3.81. The van der Waals surface area contributed by atoms with Gasteiger partial charge in [-0.15, -0.1) is 0 Å². The highest BCUT2D eigenvalue weighted by Gasteiger charge is 2.31. The number of carbonyl (C=O) groups is 2. The summed E-state index contributed by atoms with van der Waals surface area (Å²) in [5.74, 6) is 0.0347. The SMILES string of the molecule is N#Cc1nc(-c2ccco2)oc1N1CCC(C(=O)NC(Cc2ccccc2)C(N)=O)CC1. The number of amides is 2. The van der Waals surface area contributed by atoms with Gasteiger partial charge >= 0.3 is 0 Å². The van der Waals surface area contributed by atoms with Crippen LogP contribution >= 0.6 is 0 Å². The molecule has 1 unspecified atom stereocenters. The molecule has 1 aliphatic heterocycles. The molecule has 3 N–H and O–H groups in total. The van der Waals surface area contributed by atoms with Gasteiger partial charge in [0.25, 0.3) is 5.89 Å². The molecule has 1 atom stereocenters. The average Bonchev–Trinajstić information content (AvgIpc) is 3.49. The lowest BCUT2D eigenvalue weighted by atomic mass is 9.95. The first-order valence-electron chi connectivity index (χ1n) is 10.4. The van der Waals surface area contributed by atoms with Crippen molar-refractivity contribution < 1.29 is 18.4 Å². The Hall–Kier alpha value is -4.06. The maximum atomic E-state index is 12.8. The molecule has 0 aliphatic carbocycles. The smallest absolute Gasteiger partial charge is 0.266 e. The number of aromatic nitrogens is 1. The fraction of sp³-hybridized carbons (Fsp3) is 0.304. The summed E-state index contributed by atoms with van der Waals surface area (Å²) in [4.78, 5) is 30.8. The van der Waals surface area contributed by atoms with E-state index in [2.05, 4.69) is 16.4 Å². The number of carbonyl (C=O) groups excluding carboxylic acids is 2. The molecule has 164 valence electrons. The minimum atomic E-state index is -0.766. The summed E-state index contributed by atoms with van der Waals surface area (Å²) in [6.45, 7) is 1.03. The summed E-state index contributed by atoms with van der Waals surface area (Å²) >= 11 is 0. The number of benzene rings is 1. The van der Waals surface area contributed by atoms with Crippen LogP contribution in [0.25, 0.3) is 11.7 Å². The number of nitrogens with zero attached hydrogens (tertiary/aromatic N) is 3. The Morgan fingerprint density at radius 1 is 1.22 bits per heavy atom. The number of nitrogens with two attached hydrogens (primary N) is 1. The number of hydrogen-bond donors (Lipinski definition) is 2. The molecule has 32 heavy (non-hydrogen) atoms. The molecule has 9 nitrogen and oxygen atoms in total. The van der Waals surface area contributed by atoms with Crippen molar-refractivity contribution in [3.8, 4) is 17.7 Å². The van der Waals surface area contributed by atoms with Gasteiger partial charge in [0.1, 0.15) is 12.1 Å². The normalized spacial score (nSPS) is 15.2. The van der Waals surface area contributed by atoms with Crippen LogP contribution in [0.4, 0.5) is 5.88 Å². The molecule has 0 spiro atoms. The van der Waals surface area contributed by atoms with E-state index in [9.17, 15) is 14.9 Å². The maximum Gasteiger partial charge on any atom is 0.266 e. The van der Waals surface area contributed by atoms with E-state index >= 15 is 0 Å². The van der Waals surface area contributed by atoms with Crippen molar-refractivity contribution in [2.24, 2.45) is 11.7 Å². The highest BCUT2D eigenvalue weighted by atomic mass is 16.4. The van der Waals surface area contributed by atoms with Crippen molar-refractivity contribution in [3.05, 3.63) is 60.0 Å². The van der Waals surface area contributed by atoms with Gasteiger partial charge in [0, 0.05) is 25.4 Å². The molecule has 2 amide bonds. The third-order valence-corrected chi connectivity index (χ3v) is 5.54. The molecule has 1 fully saturated rings. The third kappa shape index (κ3) is 4.64. The van der Waals surface area contributed by atoms with E-state index in [4.69, 9.17) is 14.6 Å². The zero-order valence-electron chi connectivity index (χ0n) is 17.4. The van der Waals surface area contributed by atoms with Crippen molar-refractivity contribution in [2.45, 2.75) is 25.3 Å². The van der Waals surface area contributed by atoms with E-state index in [-0.39, 0.29) is 23.4 Å². The number of oxazole rings is 1. The number of nitrogens with one attached hydrogen (secondary N) is 1. The summed E-state index contributed by atoms with van der Waals surface area (Å²) in [7, 11) is 0. The van der Waals surface area contributed by atoms with Gasteiger partial charge in [0.05, 0.1) is 6.26 Å². The van der Waals surface area contributed by atoms with Crippen LogP contribution in [0.1, 0.15) is 24.1 Å². The van der Waals surface area contributed by atoms with Crippen LogP contribution in [0.3, 0.4) is 0 Å². The quantitative estimate of drug-likeness (QED) is 0.582. The van der Waals surface area contributed by atoms with Crippen LogP contribution in [0.5, 0.6) is 0 Å². The maximum absolute atomic E-state index is 12.8. The molecule has 4 rings (SSSR count). The van der Waals surface area contributed by atoms with Gasteiger partial charge in [-0.25, -0.2) is 0 Å². The second-order valence-electron chi connectivity index (χ2n) is 7.68. The van der Waals surface area contributed by atoms with Crippen molar-refractivity contribution >= 4 is 17.7 Å². The Bertz CT molecular complexity index is 1110. The van der Waals surface area contributed by atoms with Crippen LogP contribution in [-0.4, -0.2) is 35.9 Å². The Morgan fingerprint density at radius 2 is 1.97 bits per heavy atom. The van der Waals surface area contributed by atoms with Gasteiger partial charge in [-0.2, -0.15) is 10.2 Å². The zero-order valence-corrected chi connectivity index (χ0v) is 17.4. The first-order chi connectivity index (χ1) is 15.5. The van der Waals surface area contributed by atoms with Crippen molar-refractivity contribution in [1.29, 1.82) is 5.26 Å². The van der Waals surface area contributed by atoms with Crippen molar-refractivity contribution in [2.75, 3.05) is 18.0 Å². The number of furan rings is 1. The highest BCUT2D eigenvalue weighted by Crippen LogP contribution is 2.31. The van der Waals surface area contributed by atoms with Gasteiger partial charge in [-0.05, 0) is 30.5 Å². The average molecular weight is 433 g/mol. The van der Waals surface area contributed by atoms with Gasteiger partial charge in [-0.3, -0.25) is 9.59 Å². The second kappa shape index (κ2) is 9.39. The summed E-state index contributed by atoms with van der Waals surface area (Å²) in [6.07, 6.45) is 2.95. The van der Waals surface area contributed by atoms with E-state index in [1.54, 1.807) is 12.1 Å². The van der Waals surface area contributed by atoms with Gasteiger partial charge < -0.3 is 24.8 Å². The molecular weight excluding hydrogens is 410 g/mol. The minimum absolute atomic E-state index is 0.177. The van der Waals surface area contributed by atoms with Crippen molar-refractivity contribution in [1.82, 2.24) is 10.3 Å². The second-order valence-corrected chi connectivity index (χ2v) is 7.68. The van der Waals surface area contributed by atoms with Gasteiger partial charge in [-0.1, -0.05) is 30.3 Å². The lowest BCUT2D eigenvalue weighted by Crippen LogP contribution is -2.49. The molecule has 9 heteroatoms. The first-order valence-corrected chi connectivity index (χ1v) is 10.4. The van der Waals surface area contributed by atoms with Crippen LogP contribution in [0, 0.1) is 17.2 Å². The summed E-state index contributed by atoms with van der Waals surface area (Å²) in [5.41, 5.74) is 6.62. The number of primary amides is 1. The topological polar surface area (TPSA) is 138 Å². The fourth-order valence-corrected chi connectivity index (χ4v) is 3.81. The zero-order chi connectivity index (χ0) is 22.5. The van der Waals surface area contributed by atoms with E-state index in [0.717, 1.165) is 5.56 Å². The summed E-state index contributed by atoms with van der Waals surface area (Å²) in [5, 5.41) is 12.2.